The third kappa shape index (κ3) is 3.28. The average molecular weight is 262 g/mol. The summed E-state index contributed by atoms with van der Waals surface area (Å²) in [5.74, 6) is 0. The van der Waals surface area contributed by atoms with Gasteiger partial charge in [0.05, 0.1) is 18.8 Å². The molecule has 0 unspecified atom stereocenters. The summed E-state index contributed by atoms with van der Waals surface area (Å²) < 4.78 is 5.60. The van der Waals surface area contributed by atoms with Crippen LogP contribution in [0.3, 0.4) is 0 Å². The predicted molar refractivity (Wildman–Crippen MR) is 80.8 cm³/mol. The van der Waals surface area contributed by atoms with Gasteiger partial charge in [0, 0.05) is 18.8 Å². The van der Waals surface area contributed by atoms with E-state index >= 15 is 0 Å². The Hall–Kier alpha value is -1.06. The predicted octanol–water partition coefficient (Wildman–Crippen LogP) is 2.72. The molecular formula is C16H26N2O. The maximum atomic E-state index is 5.60. The number of nitrogens with one attached hydrogen (secondary N) is 1. The first kappa shape index (κ1) is 14.4. The smallest absolute Gasteiger partial charge is 0.0694 e. The number of ether oxygens (including phenoxy) is 1. The Morgan fingerprint density at radius 2 is 2.16 bits per heavy atom. The highest BCUT2D eigenvalue weighted by Gasteiger charge is 2.31. The molecule has 1 aliphatic heterocycles. The molecule has 3 heteroatoms. The van der Waals surface area contributed by atoms with Crippen molar-refractivity contribution in [3.8, 4) is 0 Å². The van der Waals surface area contributed by atoms with Gasteiger partial charge in [-0.2, -0.15) is 0 Å². The van der Waals surface area contributed by atoms with Gasteiger partial charge < -0.3 is 15.0 Å². The van der Waals surface area contributed by atoms with E-state index in [9.17, 15) is 0 Å². The maximum absolute atomic E-state index is 5.60. The molecule has 1 saturated heterocycles. The summed E-state index contributed by atoms with van der Waals surface area (Å²) in [4.78, 5) is 2.48. The van der Waals surface area contributed by atoms with Crippen molar-refractivity contribution in [2.45, 2.75) is 39.8 Å². The third-order valence-electron chi connectivity index (χ3n) is 3.78. The molecule has 0 atom stereocenters. The second-order valence-electron chi connectivity index (χ2n) is 5.92. The van der Waals surface area contributed by atoms with Crippen LogP contribution in [0.2, 0.25) is 0 Å². The van der Waals surface area contributed by atoms with Crippen LogP contribution in [0.5, 0.6) is 0 Å². The van der Waals surface area contributed by atoms with E-state index in [1.807, 2.05) is 0 Å². The highest BCUT2D eigenvalue weighted by atomic mass is 16.5. The van der Waals surface area contributed by atoms with Gasteiger partial charge in [-0.15, -0.1) is 0 Å². The van der Waals surface area contributed by atoms with Crippen LogP contribution in [0.1, 0.15) is 31.9 Å². The molecule has 1 aromatic rings. The normalized spacial score (nSPS) is 18.6. The highest BCUT2D eigenvalue weighted by Crippen LogP contribution is 2.30. The van der Waals surface area contributed by atoms with Crippen molar-refractivity contribution in [1.29, 1.82) is 0 Å². The zero-order chi connectivity index (χ0) is 13.9. The van der Waals surface area contributed by atoms with Gasteiger partial charge in [-0.25, -0.2) is 0 Å². The van der Waals surface area contributed by atoms with Crippen LogP contribution in [-0.4, -0.2) is 31.8 Å². The van der Waals surface area contributed by atoms with Crippen molar-refractivity contribution < 1.29 is 4.74 Å². The molecule has 1 N–H and O–H groups in total. The molecule has 106 valence electrons. The first-order valence-electron chi connectivity index (χ1n) is 7.20. The van der Waals surface area contributed by atoms with Crippen LogP contribution < -0.4 is 10.2 Å². The lowest BCUT2D eigenvalue weighted by atomic mass is 9.99. The quantitative estimate of drug-likeness (QED) is 0.903. The van der Waals surface area contributed by atoms with Gasteiger partial charge in [0.15, 0.2) is 0 Å². The van der Waals surface area contributed by atoms with Crippen molar-refractivity contribution in [1.82, 2.24) is 5.32 Å². The van der Waals surface area contributed by atoms with Crippen LogP contribution in [0.25, 0.3) is 0 Å². The minimum absolute atomic E-state index is 0.0756. The molecule has 19 heavy (non-hydrogen) atoms. The minimum atomic E-state index is 0.0756. The first-order valence-corrected chi connectivity index (χ1v) is 7.20. The Morgan fingerprint density at radius 1 is 1.37 bits per heavy atom. The number of nitrogens with zero attached hydrogens (tertiary/aromatic N) is 1. The van der Waals surface area contributed by atoms with Crippen LogP contribution in [-0.2, 0) is 11.3 Å². The topological polar surface area (TPSA) is 24.5 Å². The summed E-state index contributed by atoms with van der Waals surface area (Å²) in [7, 11) is 0. The van der Waals surface area contributed by atoms with Crippen molar-refractivity contribution in [3.05, 3.63) is 29.3 Å². The molecular weight excluding hydrogens is 236 g/mol. The Labute approximate surface area is 116 Å². The molecule has 0 aliphatic carbocycles. The summed E-state index contributed by atoms with van der Waals surface area (Å²) in [5, 5.41) is 3.37. The van der Waals surface area contributed by atoms with Gasteiger partial charge >= 0.3 is 0 Å². The first-order chi connectivity index (χ1) is 9.04. The molecule has 0 radical (unpaired) electrons. The number of aryl methyl sites for hydroxylation is 1. The van der Waals surface area contributed by atoms with E-state index in [0.717, 1.165) is 32.8 Å². The Kier molecular flexibility index (Phi) is 4.48. The lowest BCUT2D eigenvalue weighted by Crippen LogP contribution is -2.53. The fraction of sp³-hybridized carbons (Fsp3) is 0.625. The molecule has 1 heterocycles. The molecule has 2 rings (SSSR count). The van der Waals surface area contributed by atoms with Gasteiger partial charge in [-0.3, -0.25) is 0 Å². The number of rotatable bonds is 4. The fourth-order valence-electron chi connectivity index (χ4n) is 2.70. The lowest BCUT2D eigenvalue weighted by molar-refractivity contribution is 0.0643. The van der Waals surface area contributed by atoms with E-state index < -0.39 is 0 Å². The van der Waals surface area contributed by atoms with Gasteiger partial charge in [0.2, 0.25) is 0 Å². The number of hydrogen-bond donors (Lipinski definition) is 1. The standard InChI is InChI=1S/C16H26N2O/c1-5-17-11-14-6-7-15(13(2)10-14)18-8-9-19-12-16(18,3)4/h6-7,10,17H,5,8-9,11-12H2,1-4H3. The Balaban J connectivity index is 2.20. The number of anilines is 1. The van der Waals surface area contributed by atoms with E-state index in [4.69, 9.17) is 4.74 Å². The van der Waals surface area contributed by atoms with Crippen LogP contribution in [0.4, 0.5) is 5.69 Å². The van der Waals surface area contributed by atoms with Crippen molar-refractivity contribution in [2.24, 2.45) is 0 Å². The van der Waals surface area contributed by atoms with E-state index in [1.54, 1.807) is 0 Å². The summed E-state index contributed by atoms with van der Waals surface area (Å²) in [6.45, 7) is 13.4. The lowest BCUT2D eigenvalue weighted by Gasteiger charge is -2.44. The van der Waals surface area contributed by atoms with E-state index in [-0.39, 0.29) is 5.54 Å². The molecule has 1 aromatic carbocycles. The van der Waals surface area contributed by atoms with E-state index in [2.05, 4.69) is 56.1 Å². The summed E-state index contributed by atoms with van der Waals surface area (Å²) in [6, 6.07) is 6.79. The Bertz CT molecular complexity index is 429. The van der Waals surface area contributed by atoms with Gasteiger partial charge in [-0.05, 0) is 44.5 Å². The van der Waals surface area contributed by atoms with Crippen LogP contribution in [0.15, 0.2) is 18.2 Å². The van der Waals surface area contributed by atoms with Gasteiger partial charge in [0.25, 0.3) is 0 Å². The van der Waals surface area contributed by atoms with Crippen molar-refractivity contribution in [3.63, 3.8) is 0 Å². The Morgan fingerprint density at radius 3 is 2.79 bits per heavy atom. The second kappa shape index (κ2) is 5.93. The molecule has 0 spiro atoms. The molecule has 0 aromatic heterocycles. The maximum Gasteiger partial charge on any atom is 0.0694 e. The number of morpholine rings is 1. The molecule has 0 amide bonds. The minimum Gasteiger partial charge on any atom is -0.377 e. The van der Waals surface area contributed by atoms with E-state index in [0.29, 0.717) is 0 Å². The summed E-state index contributed by atoms with van der Waals surface area (Å²) in [6.07, 6.45) is 0. The largest absolute Gasteiger partial charge is 0.377 e. The highest BCUT2D eigenvalue weighted by molar-refractivity contribution is 5.56. The van der Waals surface area contributed by atoms with Gasteiger partial charge in [-0.1, -0.05) is 19.1 Å². The molecule has 1 fully saturated rings. The number of hydrogen-bond acceptors (Lipinski definition) is 3. The zero-order valence-corrected chi connectivity index (χ0v) is 12.6. The fourth-order valence-corrected chi connectivity index (χ4v) is 2.70. The third-order valence-corrected chi connectivity index (χ3v) is 3.78. The van der Waals surface area contributed by atoms with Gasteiger partial charge in [0.1, 0.15) is 0 Å². The SMILES string of the molecule is CCNCc1ccc(N2CCOCC2(C)C)c(C)c1. The number of benzene rings is 1. The van der Waals surface area contributed by atoms with E-state index in [1.165, 1.54) is 16.8 Å². The van der Waals surface area contributed by atoms with Crippen molar-refractivity contribution in [2.75, 3.05) is 31.2 Å². The van der Waals surface area contributed by atoms with Crippen LogP contribution >= 0.6 is 0 Å². The molecule has 1 aliphatic rings. The second-order valence-corrected chi connectivity index (χ2v) is 5.92. The average Bonchev–Trinajstić information content (AvgIpc) is 2.37. The van der Waals surface area contributed by atoms with Crippen LogP contribution in [0, 0.1) is 6.92 Å². The monoisotopic (exact) mass is 262 g/mol. The molecule has 0 saturated carbocycles. The summed E-state index contributed by atoms with van der Waals surface area (Å²) >= 11 is 0. The molecule has 3 nitrogen and oxygen atoms in total. The zero-order valence-electron chi connectivity index (χ0n) is 12.6. The summed E-state index contributed by atoms with van der Waals surface area (Å²) in [5.41, 5.74) is 4.12. The molecule has 0 bridgehead atoms. The van der Waals surface area contributed by atoms with Crippen molar-refractivity contribution >= 4 is 5.69 Å².